The molecule has 2 aromatic carbocycles. The van der Waals surface area contributed by atoms with Crippen molar-refractivity contribution in [2.45, 2.75) is 140 Å². The van der Waals surface area contributed by atoms with Crippen LogP contribution in [-0.4, -0.2) is 59.3 Å². The normalized spacial score (nSPS) is 22.7. The fourth-order valence-corrected chi connectivity index (χ4v) is 8.36. The topological polar surface area (TPSA) is 46.9 Å². The summed E-state index contributed by atoms with van der Waals surface area (Å²) in [6.07, 6.45) is 23.7. The van der Waals surface area contributed by atoms with Gasteiger partial charge in [0.05, 0.1) is 0 Å². The van der Waals surface area contributed by atoms with E-state index < -0.39 is 0 Å². The molecule has 0 radical (unpaired) electrons. The Morgan fingerprint density at radius 2 is 0.913 bits per heavy atom. The SMILES string of the molecule is CC[C@@]1(c2cccc(O)c2)CCCCN(CCCCCCCCCCCCN2CCCC[C@@](CC)(c3cccc(O)c3)C2)C1.Cl.Cl. The fraction of sp³-hybridized carbons (Fsp3) is 0.700. The number of nitrogens with zero attached hydrogens (tertiary/aromatic N) is 2. The third kappa shape index (κ3) is 12.2. The number of hydrogen-bond acceptors (Lipinski definition) is 4. The summed E-state index contributed by atoms with van der Waals surface area (Å²) in [5.74, 6) is 0.813. The first-order chi connectivity index (χ1) is 21.5. The Hall–Kier alpha value is -1.46. The molecule has 0 unspecified atom stereocenters. The number of hydrogen-bond donors (Lipinski definition) is 2. The summed E-state index contributed by atoms with van der Waals surface area (Å²) in [7, 11) is 0. The molecule has 2 heterocycles. The second kappa shape index (κ2) is 21.5. The molecule has 0 amide bonds. The number of rotatable bonds is 17. The molecule has 2 atom stereocenters. The van der Waals surface area contributed by atoms with E-state index in [2.05, 4.69) is 35.8 Å². The summed E-state index contributed by atoms with van der Waals surface area (Å²) < 4.78 is 0. The molecule has 2 aromatic rings. The predicted octanol–water partition coefficient (Wildman–Crippen LogP) is 10.8. The van der Waals surface area contributed by atoms with Gasteiger partial charge < -0.3 is 20.0 Å². The molecule has 0 spiro atoms. The number of phenolic OH excluding ortho intramolecular Hbond substituents is 2. The minimum Gasteiger partial charge on any atom is -0.508 e. The first-order valence-corrected chi connectivity index (χ1v) is 18.5. The summed E-state index contributed by atoms with van der Waals surface area (Å²) >= 11 is 0. The van der Waals surface area contributed by atoms with Crippen LogP contribution in [-0.2, 0) is 10.8 Å². The smallest absolute Gasteiger partial charge is 0.115 e. The van der Waals surface area contributed by atoms with Crippen molar-refractivity contribution in [1.82, 2.24) is 9.80 Å². The summed E-state index contributed by atoms with van der Waals surface area (Å²) in [5, 5.41) is 20.2. The lowest BCUT2D eigenvalue weighted by Gasteiger charge is -2.36. The number of phenols is 2. The summed E-state index contributed by atoms with van der Waals surface area (Å²) in [6, 6.07) is 16.1. The zero-order chi connectivity index (χ0) is 31.1. The molecule has 2 saturated heterocycles. The van der Waals surface area contributed by atoms with Gasteiger partial charge in [0.15, 0.2) is 0 Å². The standard InChI is InChI=1S/C40H64N2O2.2ClH/c1-3-39(35-21-19-23-37(43)31-35)25-13-17-29-41(33-39)27-15-11-9-7-5-6-8-10-12-16-28-42-30-18-14-26-40(4-2,34-42)36-22-20-24-38(44)32-36;;/h19-24,31-32,43-44H,3-18,25-30,33-34H2,1-2H3;2*1H/t39-,40-;;/m1../s1. The van der Waals surface area contributed by atoms with E-state index in [-0.39, 0.29) is 35.6 Å². The van der Waals surface area contributed by atoms with Crippen molar-refractivity contribution in [3.8, 4) is 11.5 Å². The van der Waals surface area contributed by atoms with Crippen molar-refractivity contribution in [1.29, 1.82) is 0 Å². The molecule has 6 heteroatoms. The van der Waals surface area contributed by atoms with E-state index in [1.807, 2.05) is 24.3 Å². The number of likely N-dealkylation sites (tertiary alicyclic amines) is 2. The first kappa shape index (κ1) is 40.7. The minimum atomic E-state index is 0. The third-order valence-electron chi connectivity index (χ3n) is 11.3. The van der Waals surface area contributed by atoms with Gasteiger partial charge in [0.2, 0.25) is 0 Å². The third-order valence-corrected chi connectivity index (χ3v) is 11.3. The van der Waals surface area contributed by atoms with E-state index in [0.717, 1.165) is 25.9 Å². The van der Waals surface area contributed by atoms with Gasteiger partial charge in [-0.15, -0.1) is 24.8 Å². The predicted molar refractivity (Wildman–Crippen MR) is 201 cm³/mol. The summed E-state index contributed by atoms with van der Waals surface area (Å²) in [5.41, 5.74) is 3.04. The molecule has 0 saturated carbocycles. The Kier molecular flexibility index (Phi) is 19.0. The van der Waals surface area contributed by atoms with Crippen LogP contribution in [0.4, 0.5) is 0 Å². The second-order valence-electron chi connectivity index (χ2n) is 14.4. The van der Waals surface area contributed by atoms with Crippen LogP contribution in [0.3, 0.4) is 0 Å². The largest absolute Gasteiger partial charge is 0.508 e. The Morgan fingerprint density at radius 3 is 1.26 bits per heavy atom. The van der Waals surface area contributed by atoms with Crippen LogP contribution in [0, 0.1) is 0 Å². The maximum atomic E-state index is 10.1. The van der Waals surface area contributed by atoms with Gasteiger partial charge in [-0.3, -0.25) is 0 Å². The molecule has 2 aliphatic rings. The van der Waals surface area contributed by atoms with Crippen LogP contribution >= 0.6 is 24.8 Å². The Balaban J connectivity index is 0.00000368. The number of aromatic hydroxyl groups is 2. The van der Waals surface area contributed by atoms with E-state index in [1.54, 1.807) is 12.1 Å². The zero-order valence-corrected chi connectivity index (χ0v) is 30.8. The van der Waals surface area contributed by atoms with E-state index in [4.69, 9.17) is 0 Å². The summed E-state index contributed by atoms with van der Waals surface area (Å²) in [4.78, 5) is 5.45. The zero-order valence-electron chi connectivity index (χ0n) is 29.2. The van der Waals surface area contributed by atoms with E-state index in [9.17, 15) is 10.2 Å². The average Bonchev–Trinajstić information content (AvgIpc) is 3.39. The van der Waals surface area contributed by atoms with Gasteiger partial charge >= 0.3 is 0 Å². The molecule has 2 N–H and O–H groups in total. The van der Waals surface area contributed by atoms with Gasteiger partial charge in [-0.2, -0.15) is 0 Å². The lowest BCUT2D eigenvalue weighted by Crippen LogP contribution is -2.39. The molecule has 0 aliphatic carbocycles. The summed E-state index contributed by atoms with van der Waals surface area (Å²) in [6.45, 7) is 11.9. The van der Waals surface area contributed by atoms with Crippen molar-refractivity contribution >= 4 is 24.8 Å². The molecule has 2 aliphatic heterocycles. The Bertz CT molecular complexity index is 1010. The van der Waals surface area contributed by atoms with Crippen LogP contribution in [0.1, 0.15) is 141 Å². The van der Waals surface area contributed by atoms with Crippen molar-refractivity contribution in [2.24, 2.45) is 0 Å². The molecular weight excluding hydrogens is 611 g/mol. The number of unbranched alkanes of at least 4 members (excludes halogenated alkanes) is 9. The van der Waals surface area contributed by atoms with Gasteiger partial charge in [0.1, 0.15) is 11.5 Å². The quantitative estimate of drug-likeness (QED) is 0.164. The van der Waals surface area contributed by atoms with E-state index in [0.29, 0.717) is 11.5 Å². The van der Waals surface area contributed by atoms with Crippen LogP contribution in [0.25, 0.3) is 0 Å². The molecule has 4 rings (SSSR count). The lowest BCUT2D eigenvalue weighted by atomic mass is 9.74. The van der Waals surface area contributed by atoms with Crippen molar-refractivity contribution < 1.29 is 10.2 Å². The van der Waals surface area contributed by atoms with Gasteiger partial charge in [-0.25, -0.2) is 0 Å². The maximum absolute atomic E-state index is 10.1. The van der Waals surface area contributed by atoms with Gasteiger partial charge in [0.25, 0.3) is 0 Å². The number of benzene rings is 2. The van der Waals surface area contributed by atoms with Crippen LogP contribution in [0.15, 0.2) is 48.5 Å². The Morgan fingerprint density at radius 1 is 0.543 bits per heavy atom. The molecule has 262 valence electrons. The van der Waals surface area contributed by atoms with Crippen LogP contribution in [0.5, 0.6) is 11.5 Å². The monoisotopic (exact) mass is 676 g/mol. The molecular formula is C40H66Cl2N2O2. The first-order valence-electron chi connectivity index (χ1n) is 18.5. The highest BCUT2D eigenvalue weighted by atomic mass is 35.5. The minimum absolute atomic E-state index is 0. The second-order valence-corrected chi connectivity index (χ2v) is 14.4. The highest BCUT2D eigenvalue weighted by Crippen LogP contribution is 2.39. The lowest BCUT2D eigenvalue weighted by molar-refractivity contribution is 0.213. The fourth-order valence-electron chi connectivity index (χ4n) is 8.36. The average molecular weight is 678 g/mol. The molecule has 2 fully saturated rings. The van der Waals surface area contributed by atoms with E-state index in [1.165, 1.54) is 140 Å². The maximum Gasteiger partial charge on any atom is 0.115 e. The van der Waals surface area contributed by atoms with Gasteiger partial charge in [-0.1, -0.05) is 102 Å². The number of halogens is 2. The van der Waals surface area contributed by atoms with Gasteiger partial charge in [0, 0.05) is 23.9 Å². The molecule has 4 nitrogen and oxygen atoms in total. The highest BCUT2D eigenvalue weighted by Gasteiger charge is 2.35. The van der Waals surface area contributed by atoms with Crippen LogP contribution in [0.2, 0.25) is 0 Å². The molecule has 0 bridgehead atoms. The van der Waals surface area contributed by atoms with Crippen molar-refractivity contribution in [3.05, 3.63) is 59.7 Å². The highest BCUT2D eigenvalue weighted by molar-refractivity contribution is 5.85. The molecule has 46 heavy (non-hydrogen) atoms. The van der Waals surface area contributed by atoms with Crippen molar-refractivity contribution in [2.75, 3.05) is 39.3 Å². The Labute approximate surface area is 294 Å². The van der Waals surface area contributed by atoms with Crippen molar-refractivity contribution in [3.63, 3.8) is 0 Å². The van der Waals surface area contributed by atoms with Crippen LogP contribution < -0.4 is 0 Å². The van der Waals surface area contributed by atoms with E-state index >= 15 is 0 Å². The molecule has 0 aromatic heterocycles. The van der Waals surface area contributed by atoms with Gasteiger partial charge in [-0.05, 0) is 113 Å².